The quantitative estimate of drug-likeness (QED) is 0.232. The number of benzene rings is 2. The van der Waals surface area contributed by atoms with Crippen molar-refractivity contribution < 1.29 is 19.0 Å². The highest BCUT2D eigenvalue weighted by molar-refractivity contribution is 7.99. The van der Waals surface area contributed by atoms with Crippen molar-refractivity contribution >= 4 is 17.7 Å². The minimum atomic E-state index is -0.285. The molecule has 2 unspecified atom stereocenters. The lowest BCUT2D eigenvalue weighted by atomic mass is 9.68. The molecule has 1 aliphatic rings. The standard InChI is InChI=1S/C27H34O4S/c1-27(20-12-14-21(29-2)15-13-20)19-32-25-18-22(30-3)16-17-23(25)24(27)10-8-6-5-7-9-11-26(28)31-4/h9,11-18,24H,5-8,10,19H2,1-4H3/b11-9+. The van der Waals surface area contributed by atoms with Crippen LogP contribution in [0.2, 0.25) is 0 Å². The number of hydrogen-bond donors (Lipinski definition) is 0. The van der Waals surface area contributed by atoms with Gasteiger partial charge in [-0.25, -0.2) is 4.79 Å². The highest BCUT2D eigenvalue weighted by atomic mass is 32.2. The van der Waals surface area contributed by atoms with Crippen LogP contribution < -0.4 is 9.47 Å². The van der Waals surface area contributed by atoms with Crippen molar-refractivity contribution in [3.8, 4) is 11.5 Å². The van der Waals surface area contributed by atoms with Crippen molar-refractivity contribution in [1.29, 1.82) is 0 Å². The number of unbranched alkanes of at least 4 members (excludes halogenated alkanes) is 3. The number of rotatable bonds is 10. The Bertz CT molecular complexity index is 922. The van der Waals surface area contributed by atoms with E-state index < -0.39 is 0 Å². The zero-order chi connectivity index (χ0) is 23.0. The molecule has 32 heavy (non-hydrogen) atoms. The predicted molar refractivity (Wildman–Crippen MR) is 131 cm³/mol. The zero-order valence-electron chi connectivity index (χ0n) is 19.6. The molecule has 0 spiro atoms. The van der Waals surface area contributed by atoms with Gasteiger partial charge in [-0.2, -0.15) is 0 Å². The molecular formula is C27H34O4S. The molecular weight excluding hydrogens is 420 g/mol. The van der Waals surface area contributed by atoms with E-state index in [0.717, 1.165) is 49.4 Å². The van der Waals surface area contributed by atoms with E-state index in [-0.39, 0.29) is 11.4 Å². The first-order valence-corrected chi connectivity index (χ1v) is 12.2. The fourth-order valence-corrected chi connectivity index (χ4v) is 5.89. The summed E-state index contributed by atoms with van der Waals surface area (Å²) in [6.07, 6.45) is 8.82. The van der Waals surface area contributed by atoms with Crippen LogP contribution in [0.4, 0.5) is 0 Å². The van der Waals surface area contributed by atoms with Crippen molar-refractivity contribution in [2.24, 2.45) is 0 Å². The molecule has 0 bridgehead atoms. The van der Waals surface area contributed by atoms with Gasteiger partial charge in [0.2, 0.25) is 0 Å². The maximum absolute atomic E-state index is 11.2. The van der Waals surface area contributed by atoms with Gasteiger partial charge in [0, 0.05) is 22.1 Å². The smallest absolute Gasteiger partial charge is 0.330 e. The fraction of sp³-hybridized carbons (Fsp3) is 0.444. The molecule has 2 atom stereocenters. The van der Waals surface area contributed by atoms with Gasteiger partial charge in [-0.15, -0.1) is 11.8 Å². The van der Waals surface area contributed by atoms with Crippen LogP contribution in [0.3, 0.4) is 0 Å². The maximum Gasteiger partial charge on any atom is 0.330 e. The number of thioether (sulfide) groups is 1. The van der Waals surface area contributed by atoms with Crippen molar-refractivity contribution in [2.45, 2.75) is 55.3 Å². The molecule has 4 nitrogen and oxygen atoms in total. The molecule has 172 valence electrons. The fourth-order valence-electron chi connectivity index (χ4n) is 4.49. The van der Waals surface area contributed by atoms with Gasteiger partial charge in [0.25, 0.3) is 0 Å². The number of carbonyl (C=O) groups excluding carboxylic acids is 1. The molecule has 0 aromatic heterocycles. The lowest BCUT2D eigenvalue weighted by molar-refractivity contribution is -0.134. The normalized spacial score (nSPS) is 20.1. The van der Waals surface area contributed by atoms with Gasteiger partial charge in [0.15, 0.2) is 0 Å². The molecule has 0 N–H and O–H groups in total. The third-order valence-corrected chi connectivity index (χ3v) is 7.87. The Morgan fingerprint density at radius 3 is 2.44 bits per heavy atom. The van der Waals surface area contributed by atoms with Crippen LogP contribution in [0.5, 0.6) is 11.5 Å². The average Bonchev–Trinajstić information content (AvgIpc) is 2.84. The van der Waals surface area contributed by atoms with Crippen molar-refractivity contribution in [3.63, 3.8) is 0 Å². The predicted octanol–water partition coefficient (Wildman–Crippen LogP) is 6.53. The number of hydrogen-bond acceptors (Lipinski definition) is 5. The van der Waals surface area contributed by atoms with Crippen LogP contribution in [0.1, 0.15) is 56.1 Å². The number of allylic oxidation sites excluding steroid dienone is 1. The molecule has 0 radical (unpaired) electrons. The molecule has 5 heteroatoms. The van der Waals surface area contributed by atoms with E-state index in [1.807, 2.05) is 17.8 Å². The third kappa shape index (κ3) is 5.69. The molecule has 1 heterocycles. The van der Waals surface area contributed by atoms with E-state index in [1.165, 1.54) is 29.2 Å². The summed E-state index contributed by atoms with van der Waals surface area (Å²) < 4.78 is 15.5. The van der Waals surface area contributed by atoms with Crippen LogP contribution in [0, 0.1) is 0 Å². The Kier molecular flexibility index (Phi) is 8.68. The Hall–Kier alpha value is -2.40. The molecule has 0 amide bonds. The summed E-state index contributed by atoms with van der Waals surface area (Å²) in [6.45, 7) is 2.40. The first-order valence-electron chi connectivity index (χ1n) is 11.2. The van der Waals surface area contributed by atoms with Crippen LogP contribution in [0.15, 0.2) is 59.5 Å². The molecule has 1 aliphatic heterocycles. The minimum absolute atomic E-state index is 0.0450. The van der Waals surface area contributed by atoms with Crippen molar-refractivity contribution in [2.75, 3.05) is 27.1 Å². The van der Waals surface area contributed by atoms with Crippen LogP contribution in [-0.2, 0) is 14.9 Å². The van der Waals surface area contributed by atoms with Gasteiger partial charge < -0.3 is 14.2 Å². The minimum Gasteiger partial charge on any atom is -0.497 e. The molecule has 2 aromatic carbocycles. The van der Waals surface area contributed by atoms with Gasteiger partial charge in [0.1, 0.15) is 11.5 Å². The second kappa shape index (κ2) is 11.5. The van der Waals surface area contributed by atoms with E-state index in [2.05, 4.69) is 54.1 Å². The maximum atomic E-state index is 11.2. The Morgan fingerprint density at radius 1 is 1.03 bits per heavy atom. The number of carbonyl (C=O) groups is 1. The number of ether oxygens (including phenoxy) is 3. The topological polar surface area (TPSA) is 44.8 Å². The van der Waals surface area contributed by atoms with Crippen molar-refractivity contribution in [3.05, 3.63) is 65.7 Å². The number of fused-ring (bicyclic) bond motifs is 1. The summed E-state index contributed by atoms with van der Waals surface area (Å²) in [5, 5.41) is 0. The third-order valence-electron chi connectivity index (χ3n) is 6.46. The first-order chi connectivity index (χ1) is 15.5. The lowest BCUT2D eigenvalue weighted by Gasteiger charge is -2.43. The van der Waals surface area contributed by atoms with Gasteiger partial charge in [-0.1, -0.05) is 44.0 Å². The van der Waals surface area contributed by atoms with Gasteiger partial charge in [-0.05, 0) is 60.6 Å². The zero-order valence-corrected chi connectivity index (χ0v) is 20.4. The van der Waals surface area contributed by atoms with Crippen molar-refractivity contribution in [1.82, 2.24) is 0 Å². The van der Waals surface area contributed by atoms with Crippen LogP contribution in [0.25, 0.3) is 0 Å². The summed E-state index contributed by atoms with van der Waals surface area (Å²) in [6, 6.07) is 15.1. The van der Waals surface area contributed by atoms with E-state index in [9.17, 15) is 4.79 Å². The molecule has 0 fully saturated rings. The molecule has 0 saturated heterocycles. The summed E-state index contributed by atoms with van der Waals surface area (Å²) >= 11 is 1.92. The molecule has 0 saturated carbocycles. The van der Waals surface area contributed by atoms with Crippen LogP contribution in [-0.4, -0.2) is 33.1 Å². The summed E-state index contributed by atoms with van der Waals surface area (Å²) in [4.78, 5) is 12.5. The lowest BCUT2D eigenvalue weighted by Crippen LogP contribution is -2.36. The highest BCUT2D eigenvalue weighted by Crippen LogP contribution is 2.52. The Morgan fingerprint density at radius 2 is 1.75 bits per heavy atom. The second-order valence-corrected chi connectivity index (χ2v) is 9.47. The highest BCUT2D eigenvalue weighted by Gasteiger charge is 2.41. The van der Waals surface area contributed by atoms with Crippen LogP contribution >= 0.6 is 11.8 Å². The van der Waals surface area contributed by atoms with E-state index in [1.54, 1.807) is 14.2 Å². The average molecular weight is 455 g/mol. The SMILES string of the molecule is COC(=O)/C=C/CCCCCC1c2ccc(OC)cc2SCC1(C)c1ccc(OC)cc1. The van der Waals surface area contributed by atoms with E-state index >= 15 is 0 Å². The molecule has 2 aromatic rings. The van der Waals surface area contributed by atoms with Gasteiger partial charge >= 0.3 is 5.97 Å². The van der Waals surface area contributed by atoms with Gasteiger partial charge in [-0.3, -0.25) is 0 Å². The Balaban J connectivity index is 1.75. The summed E-state index contributed by atoms with van der Waals surface area (Å²) in [7, 11) is 4.84. The van der Waals surface area contributed by atoms with E-state index in [0.29, 0.717) is 5.92 Å². The number of methoxy groups -OCH3 is 3. The Labute approximate surface area is 196 Å². The monoisotopic (exact) mass is 454 g/mol. The molecule has 0 aliphatic carbocycles. The molecule has 3 rings (SSSR count). The summed E-state index contributed by atoms with van der Waals surface area (Å²) in [5.41, 5.74) is 2.83. The summed E-state index contributed by atoms with van der Waals surface area (Å²) in [5.74, 6) is 2.99. The second-order valence-electron chi connectivity index (χ2n) is 8.45. The van der Waals surface area contributed by atoms with E-state index in [4.69, 9.17) is 9.47 Å². The van der Waals surface area contributed by atoms with Gasteiger partial charge in [0.05, 0.1) is 21.3 Å². The number of esters is 1. The largest absolute Gasteiger partial charge is 0.497 e. The first kappa shape index (κ1) is 24.2.